The zero-order chi connectivity index (χ0) is 16.0. The molecule has 0 aromatic heterocycles. The first kappa shape index (κ1) is 16.8. The van der Waals surface area contributed by atoms with Crippen molar-refractivity contribution < 1.29 is 14.7 Å². The summed E-state index contributed by atoms with van der Waals surface area (Å²) in [6.07, 6.45) is 4.39. The average molecular weight is 369 g/mol. The molecule has 1 aromatic rings. The van der Waals surface area contributed by atoms with Gasteiger partial charge in [0.1, 0.15) is 0 Å². The van der Waals surface area contributed by atoms with E-state index in [4.69, 9.17) is 5.11 Å². The van der Waals surface area contributed by atoms with Gasteiger partial charge in [-0.25, -0.2) is 4.79 Å². The summed E-state index contributed by atoms with van der Waals surface area (Å²) in [6, 6.07) is 7.98. The summed E-state index contributed by atoms with van der Waals surface area (Å²) in [5.41, 5.74) is 1.24. The number of aliphatic carboxylic acids is 1. The molecule has 2 rings (SSSR count). The van der Waals surface area contributed by atoms with E-state index in [0.29, 0.717) is 6.54 Å². The Morgan fingerprint density at radius 1 is 1.14 bits per heavy atom. The van der Waals surface area contributed by atoms with Crippen LogP contribution in [-0.4, -0.2) is 30.2 Å². The molecule has 120 valence electrons. The van der Waals surface area contributed by atoms with E-state index in [2.05, 4.69) is 38.7 Å². The molecule has 0 aliphatic heterocycles. The number of urea groups is 1. The van der Waals surface area contributed by atoms with E-state index < -0.39 is 5.97 Å². The molecule has 3 N–H and O–H groups in total. The Kier molecular flexibility index (Phi) is 5.83. The van der Waals surface area contributed by atoms with Gasteiger partial charge in [-0.3, -0.25) is 4.79 Å². The number of benzene rings is 1. The number of rotatable bonds is 6. The van der Waals surface area contributed by atoms with Gasteiger partial charge >= 0.3 is 12.0 Å². The van der Waals surface area contributed by atoms with Crippen LogP contribution in [0.25, 0.3) is 0 Å². The zero-order valence-corrected chi connectivity index (χ0v) is 14.0. The molecule has 0 saturated heterocycles. The number of nitrogens with one attached hydrogen (secondary N) is 2. The van der Waals surface area contributed by atoms with Crippen molar-refractivity contribution >= 4 is 27.9 Å². The van der Waals surface area contributed by atoms with E-state index in [9.17, 15) is 9.59 Å². The monoisotopic (exact) mass is 368 g/mol. The van der Waals surface area contributed by atoms with Crippen LogP contribution in [0.5, 0.6) is 0 Å². The fraction of sp³-hybridized carbons (Fsp3) is 0.500. The Morgan fingerprint density at radius 2 is 1.77 bits per heavy atom. The summed E-state index contributed by atoms with van der Waals surface area (Å²) in [5.74, 6) is -0.914. The smallest absolute Gasteiger partial charge is 0.314 e. The molecule has 5 nitrogen and oxygen atoms in total. The summed E-state index contributed by atoms with van der Waals surface area (Å²) in [5, 5.41) is 14.0. The lowest BCUT2D eigenvalue weighted by molar-refractivity contribution is -0.136. The van der Waals surface area contributed by atoms with E-state index in [0.717, 1.165) is 17.3 Å². The highest BCUT2D eigenvalue weighted by molar-refractivity contribution is 9.10. The van der Waals surface area contributed by atoms with E-state index in [1.165, 1.54) is 18.4 Å². The molecule has 0 heterocycles. The number of halogens is 1. The fourth-order valence-corrected chi connectivity index (χ4v) is 3.28. The number of carbonyl (C=O) groups excluding carboxylic acids is 1. The van der Waals surface area contributed by atoms with E-state index >= 15 is 0 Å². The van der Waals surface area contributed by atoms with E-state index in [1.54, 1.807) is 0 Å². The van der Waals surface area contributed by atoms with E-state index in [-0.39, 0.29) is 24.4 Å². The van der Waals surface area contributed by atoms with Gasteiger partial charge in [0.05, 0.1) is 6.42 Å². The minimum absolute atomic E-state index is 0.00909. The second-order valence-corrected chi connectivity index (χ2v) is 6.66. The SMILES string of the molecule is O=C(O)CCNC(=O)NCC1(c2ccc(Br)cc2)CCCC1. The number of carbonyl (C=O) groups is 2. The summed E-state index contributed by atoms with van der Waals surface area (Å²) < 4.78 is 1.05. The highest BCUT2D eigenvalue weighted by atomic mass is 79.9. The van der Waals surface area contributed by atoms with Crippen molar-refractivity contribution in [2.24, 2.45) is 0 Å². The Balaban J connectivity index is 1.93. The summed E-state index contributed by atoms with van der Waals surface area (Å²) in [6.45, 7) is 0.722. The van der Waals surface area contributed by atoms with Gasteiger partial charge in [-0.1, -0.05) is 40.9 Å². The molecule has 1 aromatic carbocycles. The molecule has 0 unspecified atom stereocenters. The Bertz CT molecular complexity index is 525. The number of carboxylic acid groups (broad SMARTS) is 1. The molecule has 6 heteroatoms. The quantitative estimate of drug-likeness (QED) is 0.721. The molecule has 1 aliphatic carbocycles. The molecule has 0 bridgehead atoms. The van der Waals surface area contributed by atoms with Crippen molar-refractivity contribution in [2.75, 3.05) is 13.1 Å². The third-order valence-corrected chi connectivity index (χ3v) is 4.76. The van der Waals surface area contributed by atoms with Crippen LogP contribution in [0.3, 0.4) is 0 Å². The summed E-state index contributed by atoms with van der Waals surface area (Å²) in [4.78, 5) is 22.2. The van der Waals surface area contributed by atoms with Gasteiger partial charge in [-0.2, -0.15) is 0 Å². The number of carboxylic acids is 1. The molecular formula is C16H21BrN2O3. The molecule has 1 saturated carbocycles. The van der Waals surface area contributed by atoms with Gasteiger partial charge in [-0.05, 0) is 30.5 Å². The van der Waals surface area contributed by atoms with Gasteiger partial charge in [0, 0.05) is 23.0 Å². The minimum atomic E-state index is -0.914. The van der Waals surface area contributed by atoms with Crippen molar-refractivity contribution in [2.45, 2.75) is 37.5 Å². The highest BCUT2D eigenvalue weighted by Crippen LogP contribution is 2.40. The molecular weight excluding hydrogens is 348 g/mol. The topological polar surface area (TPSA) is 78.4 Å². The van der Waals surface area contributed by atoms with Gasteiger partial charge in [0.25, 0.3) is 0 Å². The third-order valence-electron chi connectivity index (χ3n) is 4.23. The molecule has 0 radical (unpaired) electrons. The highest BCUT2D eigenvalue weighted by Gasteiger charge is 2.35. The third kappa shape index (κ3) is 4.47. The largest absolute Gasteiger partial charge is 0.481 e. The van der Waals surface area contributed by atoms with Crippen LogP contribution in [0.2, 0.25) is 0 Å². The number of hydrogen-bond donors (Lipinski definition) is 3. The molecule has 22 heavy (non-hydrogen) atoms. The first-order valence-corrected chi connectivity index (χ1v) is 8.31. The van der Waals surface area contributed by atoms with Crippen LogP contribution in [0.4, 0.5) is 4.79 Å². The lowest BCUT2D eigenvalue weighted by Gasteiger charge is -2.30. The average Bonchev–Trinajstić information content (AvgIpc) is 2.95. The van der Waals surface area contributed by atoms with Crippen LogP contribution < -0.4 is 10.6 Å². The van der Waals surface area contributed by atoms with Gasteiger partial charge < -0.3 is 15.7 Å². The summed E-state index contributed by atoms with van der Waals surface area (Å²) >= 11 is 3.45. The lowest BCUT2D eigenvalue weighted by Crippen LogP contribution is -2.44. The molecule has 0 atom stereocenters. The zero-order valence-electron chi connectivity index (χ0n) is 12.4. The van der Waals surface area contributed by atoms with Crippen LogP contribution in [0.1, 0.15) is 37.7 Å². The van der Waals surface area contributed by atoms with Gasteiger partial charge in [0.2, 0.25) is 0 Å². The molecule has 1 aliphatic rings. The molecule has 1 fully saturated rings. The van der Waals surface area contributed by atoms with Crippen LogP contribution in [-0.2, 0) is 10.2 Å². The first-order valence-electron chi connectivity index (χ1n) is 7.51. The Morgan fingerprint density at radius 3 is 2.36 bits per heavy atom. The Hall–Kier alpha value is -1.56. The van der Waals surface area contributed by atoms with Gasteiger partial charge in [-0.15, -0.1) is 0 Å². The molecule has 2 amide bonds. The second-order valence-electron chi connectivity index (χ2n) is 5.75. The standard InChI is InChI=1S/C16H21BrN2O3/c17-13-5-3-12(4-6-13)16(8-1-2-9-16)11-19-15(22)18-10-7-14(20)21/h3-6H,1-2,7-11H2,(H,20,21)(H2,18,19,22). The fourth-order valence-electron chi connectivity index (χ4n) is 3.02. The van der Waals surface area contributed by atoms with Crippen LogP contribution in [0, 0.1) is 0 Å². The predicted molar refractivity (Wildman–Crippen MR) is 87.9 cm³/mol. The van der Waals surface area contributed by atoms with Gasteiger partial charge in [0.15, 0.2) is 0 Å². The maximum Gasteiger partial charge on any atom is 0.314 e. The predicted octanol–water partition coefficient (Wildman–Crippen LogP) is 3.03. The Labute approximate surface area is 138 Å². The van der Waals surface area contributed by atoms with Crippen molar-refractivity contribution in [3.05, 3.63) is 34.3 Å². The van der Waals surface area contributed by atoms with Crippen molar-refractivity contribution in [3.8, 4) is 0 Å². The van der Waals surface area contributed by atoms with Crippen molar-refractivity contribution in [3.63, 3.8) is 0 Å². The normalized spacial score (nSPS) is 16.2. The number of amides is 2. The van der Waals surface area contributed by atoms with Crippen molar-refractivity contribution in [1.82, 2.24) is 10.6 Å². The van der Waals surface area contributed by atoms with Crippen LogP contribution >= 0.6 is 15.9 Å². The number of hydrogen-bond acceptors (Lipinski definition) is 2. The first-order chi connectivity index (χ1) is 10.5. The maximum absolute atomic E-state index is 11.8. The van der Waals surface area contributed by atoms with Crippen molar-refractivity contribution in [1.29, 1.82) is 0 Å². The van der Waals surface area contributed by atoms with E-state index in [1.807, 2.05) is 12.1 Å². The maximum atomic E-state index is 11.8. The lowest BCUT2D eigenvalue weighted by atomic mass is 9.79. The van der Waals surface area contributed by atoms with Crippen LogP contribution in [0.15, 0.2) is 28.7 Å². The summed E-state index contributed by atoms with van der Waals surface area (Å²) in [7, 11) is 0. The second kappa shape index (κ2) is 7.63. The molecule has 0 spiro atoms. The minimum Gasteiger partial charge on any atom is -0.481 e.